The van der Waals surface area contributed by atoms with Crippen LogP contribution < -0.4 is 5.32 Å². The lowest BCUT2D eigenvalue weighted by molar-refractivity contribution is -0.124. The molecular formula is C16H23N5O. The van der Waals surface area contributed by atoms with Gasteiger partial charge in [-0.2, -0.15) is 10.4 Å². The molecule has 0 bridgehead atoms. The number of hydrogen-bond donors (Lipinski definition) is 2. The fraction of sp³-hybridized carbons (Fsp3) is 0.688. The molecule has 2 heterocycles. The number of carbonyl (C=O) groups is 1. The van der Waals surface area contributed by atoms with Crippen molar-refractivity contribution in [3.05, 3.63) is 18.0 Å². The summed E-state index contributed by atoms with van der Waals surface area (Å²) in [5.41, 5.74) is 0.445. The Hall–Kier alpha value is -1.87. The molecule has 2 atom stereocenters. The van der Waals surface area contributed by atoms with Gasteiger partial charge in [-0.15, -0.1) is 0 Å². The van der Waals surface area contributed by atoms with Crippen LogP contribution in [-0.4, -0.2) is 46.2 Å². The topological polar surface area (TPSA) is 84.8 Å². The molecule has 22 heavy (non-hydrogen) atoms. The molecule has 1 aromatic rings. The van der Waals surface area contributed by atoms with E-state index in [1.807, 2.05) is 13.0 Å². The largest absolute Gasteiger partial charge is 0.337 e. The van der Waals surface area contributed by atoms with E-state index in [1.54, 1.807) is 6.20 Å². The number of rotatable bonds is 5. The highest BCUT2D eigenvalue weighted by molar-refractivity contribution is 5.79. The Kier molecular flexibility index (Phi) is 4.16. The molecule has 2 aliphatic rings. The van der Waals surface area contributed by atoms with Crippen molar-refractivity contribution in [1.29, 1.82) is 5.26 Å². The summed E-state index contributed by atoms with van der Waals surface area (Å²) in [6.45, 7) is 4.01. The van der Waals surface area contributed by atoms with Gasteiger partial charge in [-0.05, 0) is 51.1 Å². The van der Waals surface area contributed by atoms with Crippen LogP contribution >= 0.6 is 0 Å². The Morgan fingerprint density at radius 2 is 2.41 bits per heavy atom. The number of nitriles is 1. The highest BCUT2D eigenvalue weighted by atomic mass is 16.2. The molecule has 0 spiro atoms. The molecular weight excluding hydrogens is 278 g/mol. The van der Waals surface area contributed by atoms with Crippen molar-refractivity contribution in [2.75, 3.05) is 19.6 Å². The van der Waals surface area contributed by atoms with Crippen LogP contribution in [0.2, 0.25) is 0 Å². The van der Waals surface area contributed by atoms with E-state index in [0.717, 1.165) is 44.5 Å². The van der Waals surface area contributed by atoms with Crippen molar-refractivity contribution < 1.29 is 4.79 Å². The van der Waals surface area contributed by atoms with Gasteiger partial charge in [-0.1, -0.05) is 0 Å². The predicted octanol–water partition coefficient (Wildman–Crippen LogP) is 1.40. The van der Waals surface area contributed by atoms with Gasteiger partial charge in [0, 0.05) is 24.4 Å². The van der Waals surface area contributed by atoms with E-state index in [2.05, 4.69) is 26.5 Å². The molecule has 6 heteroatoms. The van der Waals surface area contributed by atoms with E-state index in [9.17, 15) is 10.1 Å². The second-order valence-electron chi connectivity index (χ2n) is 6.72. The van der Waals surface area contributed by atoms with Crippen molar-refractivity contribution in [1.82, 2.24) is 20.4 Å². The van der Waals surface area contributed by atoms with Crippen LogP contribution in [0.4, 0.5) is 0 Å². The number of piperidine rings is 1. The SMILES string of the molecule is C[C@@](C#N)(NC(=O)CN1CCC[C@@H](c2ccn[nH]2)C1)C1CC1. The first kappa shape index (κ1) is 15.0. The normalized spacial score (nSPS) is 25.2. The van der Waals surface area contributed by atoms with E-state index in [1.165, 1.54) is 0 Å². The Balaban J connectivity index is 1.54. The maximum Gasteiger partial charge on any atom is 0.235 e. The number of likely N-dealkylation sites (tertiary alicyclic amines) is 1. The van der Waals surface area contributed by atoms with E-state index in [4.69, 9.17) is 0 Å². The summed E-state index contributed by atoms with van der Waals surface area (Å²) in [5, 5.41) is 19.3. The van der Waals surface area contributed by atoms with Crippen LogP contribution in [0.25, 0.3) is 0 Å². The van der Waals surface area contributed by atoms with E-state index in [0.29, 0.717) is 18.4 Å². The Bertz CT molecular complexity index is 560. The van der Waals surface area contributed by atoms with Gasteiger partial charge in [0.15, 0.2) is 0 Å². The first-order valence-electron chi connectivity index (χ1n) is 8.04. The van der Waals surface area contributed by atoms with E-state index in [-0.39, 0.29) is 5.91 Å². The smallest absolute Gasteiger partial charge is 0.235 e. The van der Waals surface area contributed by atoms with Crippen LogP contribution in [0.1, 0.15) is 44.2 Å². The summed E-state index contributed by atoms with van der Waals surface area (Å²) in [6.07, 6.45) is 6.05. The maximum atomic E-state index is 12.3. The lowest BCUT2D eigenvalue weighted by atomic mass is 9.94. The summed E-state index contributed by atoms with van der Waals surface area (Å²) in [7, 11) is 0. The van der Waals surface area contributed by atoms with Gasteiger partial charge >= 0.3 is 0 Å². The molecule has 1 saturated carbocycles. The molecule has 1 aliphatic heterocycles. The lowest BCUT2D eigenvalue weighted by Crippen LogP contribution is -2.51. The molecule has 1 aliphatic carbocycles. The predicted molar refractivity (Wildman–Crippen MR) is 81.9 cm³/mol. The van der Waals surface area contributed by atoms with E-state index < -0.39 is 5.54 Å². The first-order chi connectivity index (χ1) is 10.6. The van der Waals surface area contributed by atoms with Crippen LogP contribution in [-0.2, 0) is 4.79 Å². The zero-order valence-corrected chi connectivity index (χ0v) is 13.0. The standard InChI is InChI=1S/C16H23N5O/c1-16(11-17,13-4-5-13)19-15(22)10-21-8-2-3-12(9-21)14-6-7-18-20-14/h6-7,12-13H,2-5,8-10H2,1H3,(H,18,20)(H,19,22)/t12-,16+/m1/s1. The lowest BCUT2D eigenvalue weighted by Gasteiger charge is -2.32. The highest BCUT2D eigenvalue weighted by Gasteiger charge is 2.43. The van der Waals surface area contributed by atoms with E-state index >= 15 is 0 Å². The number of amides is 1. The average molecular weight is 301 g/mol. The average Bonchev–Trinajstić information content (AvgIpc) is 3.23. The monoisotopic (exact) mass is 301 g/mol. The molecule has 2 fully saturated rings. The minimum absolute atomic E-state index is 0.0405. The molecule has 3 rings (SSSR count). The van der Waals surface area contributed by atoms with Gasteiger partial charge in [-0.3, -0.25) is 14.8 Å². The Morgan fingerprint density at radius 1 is 1.59 bits per heavy atom. The minimum atomic E-state index is -0.699. The highest BCUT2D eigenvalue weighted by Crippen LogP contribution is 2.39. The molecule has 118 valence electrons. The molecule has 2 N–H and O–H groups in total. The van der Waals surface area contributed by atoms with Crippen molar-refractivity contribution >= 4 is 5.91 Å². The second kappa shape index (κ2) is 6.09. The van der Waals surface area contributed by atoms with Gasteiger partial charge in [0.25, 0.3) is 0 Å². The van der Waals surface area contributed by atoms with Gasteiger partial charge in [0.2, 0.25) is 5.91 Å². The molecule has 0 unspecified atom stereocenters. The first-order valence-corrected chi connectivity index (χ1v) is 8.04. The number of hydrogen-bond acceptors (Lipinski definition) is 4. The van der Waals surface area contributed by atoms with Gasteiger partial charge in [0.1, 0.15) is 5.54 Å². The number of aromatic amines is 1. The van der Waals surface area contributed by atoms with Crippen LogP contribution in [0.15, 0.2) is 12.3 Å². The summed E-state index contributed by atoms with van der Waals surface area (Å²) in [4.78, 5) is 14.5. The number of nitrogens with one attached hydrogen (secondary N) is 2. The fourth-order valence-electron chi connectivity index (χ4n) is 3.36. The molecule has 1 aromatic heterocycles. The van der Waals surface area contributed by atoms with Crippen molar-refractivity contribution in [2.45, 2.75) is 44.1 Å². The van der Waals surface area contributed by atoms with Gasteiger partial charge in [0.05, 0.1) is 12.6 Å². The zero-order chi connectivity index (χ0) is 15.6. The third kappa shape index (κ3) is 3.30. The van der Waals surface area contributed by atoms with Crippen LogP contribution in [0.3, 0.4) is 0 Å². The summed E-state index contributed by atoms with van der Waals surface area (Å²) >= 11 is 0. The third-order valence-corrected chi connectivity index (χ3v) is 4.86. The van der Waals surface area contributed by atoms with Gasteiger partial charge < -0.3 is 5.32 Å². The minimum Gasteiger partial charge on any atom is -0.337 e. The summed E-state index contributed by atoms with van der Waals surface area (Å²) in [6, 6.07) is 4.28. The number of H-pyrrole nitrogens is 1. The molecule has 1 saturated heterocycles. The Morgan fingerprint density at radius 3 is 3.05 bits per heavy atom. The van der Waals surface area contributed by atoms with Crippen molar-refractivity contribution in [3.8, 4) is 6.07 Å². The maximum absolute atomic E-state index is 12.3. The molecule has 1 amide bonds. The zero-order valence-electron chi connectivity index (χ0n) is 13.0. The molecule has 0 aromatic carbocycles. The Labute approximate surface area is 130 Å². The second-order valence-corrected chi connectivity index (χ2v) is 6.72. The van der Waals surface area contributed by atoms with Crippen LogP contribution in [0.5, 0.6) is 0 Å². The van der Waals surface area contributed by atoms with Crippen LogP contribution in [0, 0.1) is 17.2 Å². The summed E-state index contributed by atoms with van der Waals surface area (Å²) < 4.78 is 0. The number of nitrogens with zero attached hydrogens (tertiary/aromatic N) is 3. The number of aromatic nitrogens is 2. The quantitative estimate of drug-likeness (QED) is 0.861. The van der Waals surface area contributed by atoms with Gasteiger partial charge in [-0.25, -0.2) is 0 Å². The van der Waals surface area contributed by atoms with Crippen molar-refractivity contribution in [3.63, 3.8) is 0 Å². The molecule has 6 nitrogen and oxygen atoms in total. The van der Waals surface area contributed by atoms with Crippen molar-refractivity contribution in [2.24, 2.45) is 5.92 Å². The fourth-order valence-corrected chi connectivity index (χ4v) is 3.36. The summed E-state index contributed by atoms with van der Waals surface area (Å²) in [5.74, 6) is 0.691. The molecule has 0 radical (unpaired) electrons. The third-order valence-electron chi connectivity index (χ3n) is 4.86. The number of carbonyl (C=O) groups excluding carboxylic acids is 1.